The summed E-state index contributed by atoms with van der Waals surface area (Å²) in [6, 6.07) is -0.303. The third-order valence-corrected chi connectivity index (χ3v) is 5.28. The lowest BCUT2D eigenvalue weighted by Gasteiger charge is -2.31. The first-order valence-corrected chi connectivity index (χ1v) is 8.46. The average Bonchev–Trinajstić information content (AvgIpc) is 2.90. The minimum absolute atomic E-state index is 0.0890. The third kappa shape index (κ3) is 3.67. The Morgan fingerprint density at radius 3 is 2.60 bits per heavy atom. The van der Waals surface area contributed by atoms with E-state index in [-0.39, 0.29) is 18.6 Å². The van der Waals surface area contributed by atoms with Crippen LogP contribution in [0.3, 0.4) is 0 Å². The van der Waals surface area contributed by atoms with E-state index in [0.717, 1.165) is 24.3 Å². The van der Waals surface area contributed by atoms with Crippen molar-refractivity contribution in [1.29, 1.82) is 0 Å². The van der Waals surface area contributed by atoms with Gasteiger partial charge in [-0.3, -0.25) is 9.59 Å². The van der Waals surface area contributed by atoms with Crippen LogP contribution in [-0.4, -0.2) is 59.2 Å². The molecule has 0 aliphatic carbocycles. The van der Waals surface area contributed by atoms with E-state index in [4.69, 9.17) is 4.74 Å². The number of aliphatic carboxylic acids is 1. The number of nitrogens with zero attached hydrogens (tertiary/aromatic N) is 1. The fourth-order valence-electron chi connectivity index (χ4n) is 3.00. The van der Waals surface area contributed by atoms with Crippen molar-refractivity contribution >= 4 is 23.6 Å². The van der Waals surface area contributed by atoms with Crippen molar-refractivity contribution in [3.63, 3.8) is 0 Å². The zero-order valence-electron chi connectivity index (χ0n) is 11.9. The van der Waals surface area contributed by atoms with Crippen LogP contribution in [0.15, 0.2) is 0 Å². The highest BCUT2D eigenvalue weighted by molar-refractivity contribution is 7.99. The molecular weight excluding hydrogens is 278 g/mol. The molecule has 0 aromatic carbocycles. The second-order valence-electron chi connectivity index (χ2n) is 5.49. The molecule has 6 heteroatoms. The molecule has 2 heterocycles. The van der Waals surface area contributed by atoms with Gasteiger partial charge in [0.05, 0.1) is 19.3 Å². The fourth-order valence-corrected chi connectivity index (χ4v) is 4.20. The number of ether oxygens (including phenoxy) is 1. The van der Waals surface area contributed by atoms with Crippen LogP contribution in [0.2, 0.25) is 0 Å². The molecule has 1 amide bonds. The highest BCUT2D eigenvalue weighted by atomic mass is 32.2. The van der Waals surface area contributed by atoms with Crippen molar-refractivity contribution in [3.8, 4) is 0 Å². The second-order valence-corrected chi connectivity index (χ2v) is 6.71. The minimum Gasteiger partial charge on any atom is -0.481 e. The summed E-state index contributed by atoms with van der Waals surface area (Å²) >= 11 is 1.95. The minimum atomic E-state index is -0.868. The molecule has 0 bridgehead atoms. The molecule has 2 saturated heterocycles. The molecule has 0 aromatic heterocycles. The Hall–Kier alpha value is -0.750. The molecule has 2 unspecified atom stereocenters. The fraction of sp³-hybridized carbons (Fsp3) is 0.857. The van der Waals surface area contributed by atoms with E-state index in [9.17, 15) is 14.7 Å². The Kier molecular flexibility index (Phi) is 5.72. The number of carboxylic acid groups (broad SMARTS) is 1. The van der Waals surface area contributed by atoms with Crippen LogP contribution in [0.5, 0.6) is 0 Å². The Bertz CT molecular complexity index is 357. The van der Waals surface area contributed by atoms with Crippen molar-refractivity contribution < 1.29 is 19.4 Å². The first-order chi connectivity index (χ1) is 9.63. The monoisotopic (exact) mass is 301 g/mol. The largest absolute Gasteiger partial charge is 0.481 e. The van der Waals surface area contributed by atoms with E-state index < -0.39 is 11.9 Å². The van der Waals surface area contributed by atoms with Gasteiger partial charge in [0.15, 0.2) is 0 Å². The number of thioether (sulfide) groups is 1. The van der Waals surface area contributed by atoms with Gasteiger partial charge in [-0.05, 0) is 37.2 Å². The van der Waals surface area contributed by atoms with Gasteiger partial charge < -0.3 is 14.7 Å². The number of carboxylic acids is 1. The number of carbonyl (C=O) groups excluding carboxylic acids is 1. The molecule has 2 rings (SSSR count). The Morgan fingerprint density at radius 2 is 2.00 bits per heavy atom. The molecule has 2 fully saturated rings. The number of carbonyl (C=O) groups is 2. The predicted molar refractivity (Wildman–Crippen MR) is 77.8 cm³/mol. The molecule has 0 aromatic rings. The summed E-state index contributed by atoms with van der Waals surface area (Å²) in [6.45, 7) is 3.02. The Balaban J connectivity index is 1.95. The van der Waals surface area contributed by atoms with E-state index in [1.54, 1.807) is 4.90 Å². The van der Waals surface area contributed by atoms with Gasteiger partial charge in [-0.25, -0.2) is 0 Å². The van der Waals surface area contributed by atoms with Crippen LogP contribution < -0.4 is 0 Å². The normalized spacial score (nSPS) is 27.4. The van der Waals surface area contributed by atoms with Gasteiger partial charge in [0.25, 0.3) is 0 Å². The van der Waals surface area contributed by atoms with Crippen LogP contribution in [0, 0.1) is 11.8 Å². The van der Waals surface area contributed by atoms with Crippen LogP contribution in [-0.2, 0) is 14.3 Å². The van der Waals surface area contributed by atoms with Crippen molar-refractivity contribution in [3.05, 3.63) is 0 Å². The lowest BCUT2D eigenvalue weighted by molar-refractivity contribution is -0.145. The van der Waals surface area contributed by atoms with Crippen molar-refractivity contribution in [1.82, 2.24) is 4.90 Å². The summed E-state index contributed by atoms with van der Waals surface area (Å²) in [7, 11) is 0. The van der Waals surface area contributed by atoms with E-state index in [2.05, 4.69) is 0 Å². The van der Waals surface area contributed by atoms with Crippen LogP contribution in [0.1, 0.15) is 26.2 Å². The lowest BCUT2D eigenvalue weighted by Crippen LogP contribution is -2.47. The summed E-state index contributed by atoms with van der Waals surface area (Å²) in [5, 5.41) is 9.21. The molecular formula is C14H23NO4S. The molecule has 2 aliphatic rings. The van der Waals surface area contributed by atoms with Crippen LogP contribution in [0.25, 0.3) is 0 Å². The number of likely N-dealkylation sites (N-methyl/N-ethyl adjacent to an activating group) is 1. The molecule has 5 nitrogen and oxygen atoms in total. The first kappa shape index (κ1) is 15.6. The molecule has 0 radical (unpaired) electrons. The topological polar surface area (TPSA) is 66.8 Å². The highest BCUT2D eigenvalue weighted by Gasteiger charge is 2.39. The van der Waals surface area contributed by atoms with E-state index >= 15 is 0 Å². The third-order valence-electron chi connectivity index (χ3n) is 4.23. The summed E-state index contributed by atoms with van der Waals surface area (Å²) in [4.78, 5) is 25.4. The number of hydrogen-bond donors (Lipinski definition) is 1. The summed E-state index contributed by atoms with van der Waals surface area (Å²) in [5.74, 6) is 1.37. The smallest absolute Gasteiger partial charge is 0.311 e. The predicted octanol–water partition coefficient (Wildman–Crippen LogP) is 1.47. The van der Waals surface area contributed by atoms with Gasteiger partial charge in [0, 0.05) is 13.0 Å². The maximum absolute atomic E-state index is 12.5. The summed E-state index contributed by atoms with van der Waals surface area (Å²) < 4.78 is 5.28. The van der Waals surface area contributed by atoms with E-state index in [0.29, 0.717) is 25.5 Å². The van der Waals surface area contributed by atoms with E-state index in [1.807, 2.05) is 18.7 Å². The zero-order valence-corrected chi connectivity index (χ0v) is 12.7. The van der Waals surface area contributed by atoms with E-state index in [1.165, 1.54) is 0 Å². The van der Waals surface area contributed by atoms with Crippen LogP contribution in [0.4, 0.5) is 0 Å². The van der Waals surface area contributed by atoms with Gasteiger partial charge in [0.2, 0.25) is 5.91 Å². The maximum Gasteiger partial charge on any atom is 0.311 e. The number of rotatable bonds is 5. The van der Waals surface area contributed by atoms with Gasteiger partial charge in [-0.15, -0.1) is 0 Å². The number of amides is 1. The van der Waals surface area contributed by atoms with Gasteiger partial charge >= 0.3 is 5.97 Å². The Morgan fingerprint density at radius 1 is 1.30 bits per heavy atom. The second kappa shape index (κ2) is 7.31. The molecule has 0 spiro atoms. The van der Waals surface area contributed by atoms with Crippen molar-refractivity contribution in [2.45, 2.75) is 32.2 Å². The molecule has 20 heavy (non-hydrogen) atoms. The SMILES string of the molecule is CCN(C(=O)CC1CCSCC1)C1COCC1C(=O)O. The summed E-state index contributed by atoms with van der Waals surface area (Å²) in [5.41, 5.74) is 0. The van der Waals surface area contributed by atoms with Crippen molar-refractivity contribution in [2.24, 2.45) is 11.8 Å². The average molecular weight is 301 g/mol. The Labute approximate surface area is 124 Å². The van der Waals surface area contributed by atoms with Gasteiger partial charge in [-0.2, -0.15) is 11.8 Å². The van der Waals surface area contributed by atoms with Gasteiger partial charge in [-0.1, -0.05) is 0 Å². The molecule has 0 saturated carbocycles. The lowest BCUT2D eigenvalue weighted by atomic mass is 9.96. The zero-order chi connectivity index (χ0) is 14.5. The molecule has 2 aliphatic heterocycles. The number of hydrogen-bond acceptors (Lipinski definition) is 4. The first-order valence-electron chi connectivity index (χ1n) is 7.31. The summed E-state index contributed by atoms with van der Waals surface area (Å²) in [6.07, 6.45) is 2.74. The quantitative estimate of drug-likeness (QED) is 0.833. The highest BCUT2D eigenvalue weighted by Crippen LogP contribution is 2.27. The van der Waals surface area contributed by atoms with Crippen molar-refractivity contribution in [2.75, 3.05) is 31.3 Å². The molecule has 2 atom stereocenters. The molecule has 114 valence electrons. The standard InChI is InChI=1S/C14H23NO4S/c1-2-15(12-9-19-8-11(12)14(17)18)13(16)7-10-3-5-20-6-4-10/h10-12H,2-9H2,1H3,(H,17,18). The maximum atomic E-state index is 12.5. The van der Waals surface area contributed by atoms with Gasteiger partial charge in [0.1, 0.15) is 5.92 Å². The molecule has 1 N–H and O–H groups in total. The van der Waals surface area contributed by atoms with Crippen LogP contribution >= 0.6 is 11.8 Å².